The Morgan fingerprint density at radius 2 is 2.10 bits per heavy atom. The predicted octanol–water partition coefficient (Wildman–Crippen LogP) is 4.46. The Morgan fingerprint density at radius 1 is 1.33 bits per heavy atom. The lowest BCUT2D eigenvalue weighted by Gasteiger charge is -2.09. The minimum atomic E-state index is -0.151. The van der Waals surface area contributed by atoms with Crippen molar-refractivity contribution < 1.29 is 4.79 Å². The van der Waals surface area contributed by atoms with Crippen LogP contribution in [-0.2, 0) is 0 Å². The van der Waals surface area contributed by atoms with Crippen LogP contribution in [0.2, 0.25) is 0 Å². The van der Waals surface area contributed by atoms with Crippen molar-refractivity contribution in [3.8, 4) is 11.3 Å². The van der Waals surface area contributed by atoms with Gasteiger partial charge in [0.25, 0.3) is 5.91 Å². The van der Waals surface area contributed by atoms with Crippen molar-refractivity contribution in [1.29, 1.82) is 0 Å². The number of halogens is 2. The Bertz CT molecular complexity index is 698. The van der Waals surface area contributed by atoms with Crippen molar-refractivity contribution in [2.45, 2.75) is 6.92 Å². The first kappa shape index (κ1) is 15.9. The summed E-state index contributed by atoms with van der Waals surface area (Å²) in [5, 5.41) is 2.77. The van der Waals surface area contributed by atoms with E-state index in [-0.39, 0.29) is 5.91 Å². The van der Waals surface area contributed by atoms with E-state index in [4.69, 9.17) is 0 Å². The molecule has 0 radical (unpaired) electrons. The van der Waals surface area contributed by atoms with E-state index in [2.05, 4.69) is 48.7 Å². The molecule has 0 unspecified atom stereocenters. The molecule has 0 fully saturated rings. The molecular weight excluding hydrogens is 396 g/mol. The Kier molecular flexibility index (Phi) is 5.31. The average molecular weight is 410 g/mol. The van der Waals surface area contributed by atoms with Gasteiger partial charge in [0.2, 0.25) is 0 Å². The van der Waals surface area contributed by atoms with Gasteiger partial charge in [0.05, 0.1) is 17.0 Å². The fourth-order valence-corrected chi connectivity index (χ4v) is 2.42. The zero-order valence-corrected chi connectivity index (χ0v) is 14.7. The van der Waals surface area contributed by atoms with Crippen LogP contribution in [-0.4, -0.2) is 17.4 Å². The second-order valence-corrected chi connectivity index (χ2v) is 6.58. The van der Waals surface area contributed by atoms with Crippen LogP contribution in [0.25, 0.3) is 11.3 Å². The third-order valence-electron chi connectivity index (χ3n) is 2.89. The molecule has 2 rings (SSSR count). The number of rotatable bonds is 4. The van der Waals surface area contributed by atoms with Crippen LogP contribution < -0.4 is 5.32 Å². The number of benzene rings is 1. The molecule has 0 saturated carbocycles. The van der Waals surface area contributed by atoms with Crippen molar-refractivity contribution in [3.05, 3.63) is 63.2 Å². The van der Waals surface area contributed by atoms with Gasteiger partial charge in [-0.05, 0) is 31.2 Å². The molecule has 0 saturated heterocycles. The molecule has 21 heavy (non-hydrogen) atoms. The quantitative estimate of drug-likeness (QED) is 0.809. The summed E-state index contributed by atoms with van der Waals surface area (Å²) in [5.41, 5.74) is 3.12. The van der Waals surface area contributed by atoms with Crippen molar-refractivity contribution in [2.24, 2.45) is 0 Å². The number of aryl methyl sites for hydroxylation is 1. The second-order valence-electron chi connectivity index (χ2n) is 4.54. The smallest absolute Gasteiger partial charge is 0.253 e. The molecule has 5 heteroatoms. The molecule has 108 valence electrons. The van der Waals surface area contributed by atoms with E-state index in [0.29, 0.717) is 17.8 Å². The minimum absolute atomic E-state index is 0.151. The number of amides is 1. The van der Waals surface area contributed by atoms with Crippen molar-refractivity contribution in [1.82, 2.24) is 10.3 Å². The van der Waals surface area contributed by atoms with Gasteiger partial charge in [-0.15, -0.1) is 0 Å². The molecule has 1 heterocycles. The summed E-state index contributed by atoms with van der Waals surface area (Å²) >= 11 is 6.66. The Labute approximate surface area is 140 Å². The van der Waals surface area contributed by atoms with Crippen LogP contribution in [0.1, 0.15) is 16.1 Å². The number of nitrogens with one attached hydrogen (secondary N) is 1. The first-order valence-corrected chi connectivity index (χ1v) is 7.91. The Balaban J connectivity index is 2.25. The largest absolute Gasteiger partial charge is 0.347 e. The van der Waals surface area contributed by atoms with Gasteiger partial charge in [-0.2, -0.15) is 0 Å². The van der Waals surface area contributed by atoms with Crippen LogP contribution in [0, 0.1) is 6.92 Å². The number of pyridine rings is 1. The highest BCUT2D eigenvalue weighted by Gasteiger charge is 2.11. The number of carbonyl (C=O) groups excluding carboxylic acids is 1. The maximum absolute atomic E-state index is 12.1. The molecule has 1 amide bonds. The fourth-order valence-electron chi connectivity index (χ4n) is 1.88. The Hall–Kier alpha value is -1.46. The van der Waals surface area contributed by atoms with Gasteiger partial charge in [-0.3, -0.25) is 9.78 Å². The van der Waals surface area contributed by atoms with Crippen LogP contribution in [0.3, 0.4) is 0 Å². The lowest BCUT2D eigenvalue weighted by molar-refractivity contribution is 0.0957. The molecule has 3 nitrogen and oxygen atoms in total. The van der Waals surface area contributed by atoms with E-state index >= 15 is 0 Å². The lowest BCUT2D eigenvalue weighted by Crippen LogP contribution is -2.25. The van der Waals surface area contributed by atoms with Crippen molar-refractivity contribution >= 4 is 37.8 Å². The molecule has 0 bridgehead atoms. The monoisotopic (exact) mass is 408 g/mol. The highest BCUT2D eigenvalue weighted by molar-refractivity contribution is 9.11. The van der Waals surface area contributed by atoms with Crippen molar-refractivity contribution in [2.75, 3.05) is 6.54 Å². The Morgan fingerprint density at radius 3 is 2.71 bits per heavy atom. The SMILES string of the molecule is C=C(Br)CNC(=O)c1ccc(-c2cccc(Br)c2)nc1C. The van der Waals surface area contributed by atoms with Gasteiger partial charge in [0.1, 0.15) is 0 Å². The van der Waals surface area contributed by atoms with Crippen LogP contribution >= 0.6 is 31.9 Å². The molecule has 0 spiro atoms. The maximum Gasteiger partial charge on any atom is 0.253 e. The molecular formula is C16H14Br2N2O. The van der Waals surface area contributed by atoms with Gasteiger partial charge in [0.15, 0.2) is 0 Å². The number of carbonyl (C=O) groups is 1. The van der Waals surface area contributed by atoms with Gasteiger partial charge in [0, 0.05) is 21.1 Å². The van der Waals surface area contributed by atoms with E-state index in [0.717, 1.165) is 20.2 Å². The number of hydrogen-bond donors (Lipinski definition) is 1. The number of hydrogen-bond acceptors (Lipinski definition) is 2. The zero-order chi connectivity index (χ0) is 15.4. The summed E-state index contributed by atoms with van der Waals surface area (Å²) in [6, 6.07) is 11.6. The van der Waals surface area contributed by atoms with Gasteiger partial charge in [-0.25, -0.2) is 0 Å². The second kappa shape index (κ2) is 7.00. The van der Waals surface area contributed by atoms with E-state index < -0.39 is 0 Å². The zero-order valence-electron chi connectivity index (χ0n) is 11.5. The molecule has 1 aromatic heterocycles. The van der Waals surface area contributed by atoms with Crippen LogP contribution in [0.15, 0.2) is 51.9 Å². The van der Waals surface area contributed by atoms with E-state index in [9.17, 15) is 4.79 Å². The summed E-state index contributed by atoms with van der Waals surface area (Å²) in [6.45, 7) is 5.91. The first-order valence-electron chi connectivity index (χ1n) is 6.32. The van der Waals surface area contributed by atoms with E-state index in [1.54, 1.807) is 6.07 Å². The summed E-state index contributed by atoms with van der Waals surface area (Å²) < 4.78 is 1.73. The van der Waals surface area contributed by atoms with Crippen LogP contribution in [0.4, 0.5) is 0 Å². The minimum Gasteiger partial charge on any atom is -0.347 e. The summed E-state index contributed by atoms with van der Waals surface area (Å²) in [4.78, 5) is 16.6. The highest BCUT2D eigenvalue weighted by atomic mass is 79.9. The normalized spacial score (nSPS) is 10.2. The summed E-state index contributed by atoms with van der Waals surface area (Å²) in [7, 11) is 0. The molecule has 2 aromatic rings. The molecule has 0 aliphatic heterocycles. The molecule has 1 N–H and O–H groups in total. The van der Waals surface area contributed by atoms with Gasteiger partial charge >= 0.3 is 0 Å². The van der Waals surface area contributed by atoms with Gasteiger partial charge < -0.3 is 5.32 Å². The lowest BCUT2D eigenvalue weighted by atomic mass is 10.1. The number of nitrogens with zero attached hydrogens (tertiary/aromatic N) is 1. The van der Waals surface area contributed by atoms with Crippen molar-refractivity contribution in [3.63, 3.8) is 0 Å². The number of aromatic nitrogens is 1. The first-order chi connectivity index (χ1) is 9.97. The summed E-state index contributed by atoms with van der Waals surface area (Å²) in [5.74, 6) is -0.151. The third-order valence-corrected chi connectivity index (χ3v) is 3.67. The highest BCUT2D eigenvalue weighted by Crippen LogP contribution is 2.22. The fraction of sp³-hybridized carbons (Fsp3) is 0.125. The standard InChI is InChI=1S/C16H14Br2N2O/c1-10(17)9-19-16(21)14-6-7-15(20-11(14)2)12-4-3-5-13(18)8-12/h3-8H,1,9H2,2H3,(H,19,21). The predicted molar refractivity (Wildman–Crippen MR) is 92.5 cm³/mol. The maximum atomic E-state index is 12.1. The van der Waals surface area contributed by atoms with E-state index in [1.807, 2.05) is 37.3 Å². The summed E-state index contributed by atoms with van der Waals surface area (Å²) in [6.07, 6.45) is 0. The molecule has 0 atom stereocenters. The van der Waals surface area contributed by atoms with E-state index in [1.165, 1.54) is 0 Å². The van der Waals surface area contributed by atoms with Crippen LogP contribution in [0.5, 0.6) is 0 Å². The molecule has 1 aromatic carbocycles. The average Bonchev–Trinajstić information content (AvgIpc) is 2.44. The molecule has 0 aliphatic rings. The third kappa shape index (κ3) is 4.25. The topological polar surface area (TPSA) is 42.0 Å². The molecule has 0 aliphatic carbocycles. The van der Waals surface area contributed by atoms with Gasteiger partial charge in [-0.1, -0.05) is 50.6 Å².